The predicted molar refractivity (Wildman–Crippen MR) is 163 cm³/mol. The highest BCUT2D eigenvalue weighted by Crippen LogP contribution is 2.49. The molecule has 4 heterocycles. The quantitative estimate of drug-likeness (QED) is 0.382. The van der Waals surface area contributed by atoms with E-state index in [0.29, 0.717) is 43.2 Å². The molecule has 42 heavy (non-hydrogen) atoms. The van der Waals surface area contributed by atoms with Crippen LogP contribution in [0.2, 0.25) is 5.02 Å². The molecule has 2 aromatic heterocycles. The number of hydrogen-bond donors (Lipinski definition) is 1. The third-order valence-electron chi connectivity index (χ3n) is 7.96. The van der Waals surface area contributed by atoms with Crippen LogP contribution in [0.4, 0.5) is 15.9 Å². The summed E-state index contributed by atoms with van der Waals surface area (Å²) in [6.45, 7) is 15.4. The topological polar surface area (TPSA) is 95.7 Å². The summed E-state index contributed by atoms with van der Waals surface area (Å²) in [4.78, 5) is 41.8. The summed E-state index contributed by atoms with van der Waals surface area (Å²) in [5.74, 6) is -1.44. The van der Waals surface area contributed by atoms with Gasteiger partial charge in [-0.05, 0) is 48.7 Å². The summed E-state index contributed by atoms with van der Waals surface area (Å²) < 4.78 is 15.0. The van der Waals surface area contributed by atoms with Gasteiger partial charge in [0.1, 0.15) is 11.6 Å². The van der Waals surface area contributed by atoms with Gasteiger partial charge in [0.15, 0.2) is 0 Å². The largest absolute Gasteiger partial charge is 0.402 e. The van der Waals surface area contributed by atoms with E-state index in [9.17, 15) is 9.59 Å². The lowest BCUT2D eigenvalue weighted by Gasteiger charge is -2.46. The fraction of sp³-hybridized carbons (Fsp3) is 0.312. The van der Waals surface area contributed by atoms with Crippen molar-refractivity contribution in [1.82, 2.24) is 19.8 Å². The molecule has 0 radical (unpaired) electrons. The van der Waals surface area contributed by atoms with Gasteiger partial charge in [-0.2, -0.15) is 0 Å². The molecular formula is C32H34ClFN6O2. The summed E-state index contributed by atoms with van der Waals surface area (Å²) in [6, 6.07) is 9.31. The van der Waals surface area contributed by atoms with E-state index in [1.165, 1.54) is 12.1 Å². The minimum Gasteiger partial charge on any atom is -0.402 e. The zero-order valence-electron chi connectivity index (χ0n) is 24.0. The average molecular weight is 589 g/mol. The summed E-state index contributed by atoms with van der Waals surface area (Å²) >= 11 is 6.84. The van der Waals surface area contributed by atoms with E-state index in [2.05, 4.69) is 23.0 Å². The van der Waals surface area contributed by atoms with Gasteiger partial charge in [-0.25, -0.2) is 9.37 Å². The first-order valence-corrected chi connectivity index (χ1v) is 14.3. The molecule has 3 aromatic rings. The van der Waals surface area contributed by atoms with Crippen molar-refractivity contribution in [2.45, 2.75) is 32.7 Å². The zero-order valence-corrected chi connectivity index (χ0v) is 24.7. The third kappa shape index (κ3) is 5.07. The predicted octanol–water partition coefficient (Wildman–Crippen LogP) is 5.51. The van der Waals surface area contributed by atoms with Crippen molar-refractivity contribution in [3.05, 3.63) is 95.2 Å². The van der Waals surface area contributed by atoms with Gasteiger partial charge in [-0.3, -0.25) is 24.4 Å². The molecular weight excluding hydrogens is 555 g/mol. The Balaban J connectivity index is 1.76. The maximum atomic E-state index is 15.0. The van der Waals surface area contributed by atoms with Crippen LogP contribution in [0.1, 0.15) is 42.6 Å². The number of piperazine rings is 1. The highest BCUT2D eigenvalue weighted by atomic mass is 35.5. The van der Waals surface area contributed by atoms with E-state index in [0.717, 1.165) is 11.3 Å². The molecule has 1 fully saturated rings. The zero-order chi connectivity index (χ0) is 30.3. The van der Waals surface area contributed by atoms with E-state index in [1.807, 2.05) is 26.8 Å². The van der Waals surface area contributed by atoms with Crippen LogP contribution in [0.15, 0.2) is 67.5 Å². The molecule has 0 bridgehead atoms. The first-order valence-electron chi connectivity index (χ1n) is 13.9. The summed E-state index contributed by atoms with van der Waals surface area (Å²) in [6.07, 6.45) is 3.02. The molecule has 0 spiro atoms. The normalized spacial score (nSPS) is 19.1. The van der Waals surface area contributed by atoms with Gasteiger partial charge in [0.2, 0.25) is 11.8 Å². The number of nitrogens with zero attached hydrogens (tertiary/aromatic N) is 5. The number of nitrogens with two attached hydrogens (primary N) is 1. The SMILES string of the molecule is C=CC(=O)N1CCN(C2c3cc(Cl)c(-c4ccccc4F)nc3N(c3c(C)ccnc3C(C)C)C(=O)C2C(=C)N)CC1. The van der Waals surface area contributed by atoms with Crippen molar-refractivity contribution in [2.24, 2.45) is 11.7 Å². The van der Waals surface area contributed by atoms with Crippen molar-refractivity contribution >= 4 is 34.9 Å². The number of fused-ring (bicyclic) bond motifs is 1. The number of aryl methyl sites for hydroxylation is 1. The van der Waals surface area contributed by atoms with Gasteiger partial charge in [0.05, 0.1) is 34.1 Å². The molecule has 0 saturated carbocycles. The minimum absolute atomic E-state index is 0.0118. The molecule has 2 unspecified atom stereocenters. The van der Waals surface area contributed by atoms with Gasteiger partial charge >= 0.3 is 0 Å². The van der Waals surface area contributed by atoms with Crippen molar-refractivity contribution in [3.63, 3.8) is 0 Å². The summed E-state index contributed by atoms with van der Waals surface area (Å²) in [7, 11) is 0. The van der Waals surface area contributed by atoms with Gasteiger partial charge in [-0.15, -0.1) is 0 Å². The van der Waals surface area contributed by atoms with E-state index in [4.69, 9.17) is 22.3 Å². The maximum absolute atomic E-state index is 15.0. The first kappa shape index (κ1) is 29.4. The second-order valence-electron chi connectivity index (χ2n) is 11.0. The van der Waals surface area contributed by atoms with Gasteiger partial charge in [-0.1, -0.05) is 50.7 Å². The number of carbonyl (C=O) groups excluding carboxylic acids is 2. The van der Waals surface area contributed by atoms with Crippen molar-refractivity contribution in [1.29, 1.82) is 0 Å². The molecule has 10 heteroatoms. The Morgan fingerprint density at radius 2 is 1.88 bits per heavy atom. The third-order valence-corrected chi connectivity index (χ3v) is 8.25. The number of hydrogen-bond acceptors (Lipinski definition) is 6. The Morgan fingerprint density at radius 3 is 2.50 bits per heavy atom. The Bertz CT molecular complexity index is 1580. The van der Waals surface area contributed by atoms with Gasteiger partial charge in [0, 0.05) is 49.2 Å². The van der Waals surface area contributed by atoms with Gasteiger partial charge in [0.25, 0.3) is 0 Å². The van der Waals surface area contributed by atoms with E-state index in [-0.39, 0.29) is 39.7 Å². The number of aromatic nitrogens is 2. The minimum atomic E-state index is -0.837. The van der Waals surface area contributed by atoms with E-state index < -0.39 is 17.8 Å². The van der Waals surface area contributed by atoms with Gasteiger partial charge < -0.3 is 10.6 Å². The Kier molecular flexibility index (Phi) is 8.17. The molecule has 2 atom stereocenters. The Hall–Kier alpha value is -4.08. The Labute approximate surface area is 250 Å². The molecule has 2 aliphatic heterocycles. The fourth-order valence-electron chi connectivity index (χ4n) is 5.91. The second-order valence-corrected chi connectivity index (χ2v) is 11.4. The highest BCUT2D eigenvalue weighted by Gasteiger charge is 2.47. The molecule has 5 rings (SSSR count). The van der Waals surface area contributed by atoms with Crippen LogP contribution in [0.3, 0.4) is 0 Å². The molecule has 2 aliphatic rings. The molecule has 0 aliphatic carbocycles. The molecule has 218 valence electrons. The molecule has 1 saturated heterocycles. The van der Waals surface area contributed by atoms with Crippen LogP contribution in [0.25, 0.3) is 11.3 Å². The van der Waals surface area contributed by atoms with Crippen molar-refractivity contribution in [3.8, 4) is 11.3 Å². The second kappa shape index (κ2) is 11.7. The van der Waals surface area contributed by atoms with Crippen molar-refractivity contribution < 1.29 is 14.0 Å². The maximum Gasteiger partial charge on any atom is 0.246 e. The standard InChI is InChI=1S/C32H34ClFN6O2/c1-6-25(41)38-13-15-39(16-14-38)30-22-17-23(33)28(21-9-7-8-10-24(21)34)37-31(22)40(32(42)26(30)20(5)35)29-19(4)11-12-36-27(29)18(2)3/h6-12,17-18,26,30H,1,5,13-16,35H2,2-4H3. The van der Waals surface area contributed by atoms with Crippen LogP contribution >= 0.6 is 11.6 Å². The lowest BCUT2D eigenvalue weighted by atomic mass is 9.83. The molecule has 2 N–H and O–H groups in total. The molecule has 8 nitrogen and oxygen atoms in total. The number of pyridine rings is 2. The summed E-state index contributed by atoms with van der Waals surface area (Å²) in [5.41, 5.74) is 9.87. The van der Waals surface area contributed by atoms with Crippen LogP contribution in [-0.4, -0.2) is 57.8 Å². The number of benzene rings is 1. The summed E-state index contributed by atoms with van der Waals surface area (Å²) in [5, 5.41) is 0.243. The lowest BCUT2D eigenvalue weighted by Crippen LogP contribution is -2.55. The van der Waals surface area contributed by atoms with Crippen molar-refractivity contribution in [2.75, 3.05) is 31.1 Å². The number of rotatable bonds is 6. The Morgan fingerprint density at radius 1 is 1.19 bits per heavy atom. The lowest BCUT2D eigenvalue weighted by molar-refractivity contribution is -0.130. The highest BCUT2D eigenvalue weighted by molar-refractivity contribution is 6.33. The van der Waals surface area contributed by atoms with Crippen LogP contribution in [0, 0.1) is 18.7 Å². The fourth-order valence-corrected chi connectivity index (χ4v) is 6.17. The van der Waals surface area contributed by atoms with Crippen LogP contribution in [0.5, 0.6) is 0 Å². The van der Waals surface area contributed by atoms with E-state index in [1.54, 1.807) is 40.3 Å². The van der Waals surface area contributed by atoms with Crippen LogP contribution in [-0.2, 0) is 9.59 Å². The average Bonchev–Trinajstić information content (AvgIpc) is 2.96. The van der Waals surface area contributed by atoms with Crippen LogP contribution < -0.4 is 10.6 Å². The monoisotopic (exact) mass is 588 g/mol. The number of anilines is 2. The first-order chi connectivity index (χ1) is 20.0. The smallest absolute Gasteiger partial charge is 0.246 e. The molecule has 2 amide bonds. The van der Waals surface area contributed by atoms with E-state index >= 15 is 4.39 Å². The number of halogens is 2. The number of carbonyl (C=O) groups is 2. The molecule has 1 aromatic carbocycles. The number of amides is 2.